The lowest BCUT2D eigenvalue weighted by molar-refractivity contribution is 0.0434. The van der Waals surface area contributed by atoms with E-state index in [1.54, 1.807) is 0 Å². The van der Waals surface area contributed by atoms with Gasteiger partial charge in [-0.2, -0.15) is 5.10 Å². The lowest BCUT2D eigenvalue weighted by atomic mass is 10.0. The minimum Gasteiger partial charge on any atom is -0.394 e. The maximum atomic E-state index is 9.15. The van der Waals surface area contributed by atoms with E-state index >= 15 is 0 Å². The van der Waals surface area contributed by atoms with Crippen LogP contribution in [0.4, 0.5) is 0 Å². The van der Waals surface area contributed by atoms with Gasteiger partial charge in [0.1, 0.15) is 5.54 Å². The standard InChI is InChI=1S/C12H22N2O3/c1-2-4-10-5-3-6-11(10)13-14-12(7-15,8-16)9-17/h2,10,14-17H,1,3-9H2/b13-11+. The number of aliphatic hydroxyl groups is 3. The Morgan fingerprint density at radius 3 is 2.53 bits per heavy atom. The van der Waals surface area contributed by atoms with Crippen molar-refractivity contribution in [3.8, 4) is 0 Å². The van der Waals surface area contributed by atoms with Gasteiger partial charge in [-0.15, -0.1) is 6.58 Å². The first-order valence-corrected chi connectivity index (χ1v) is 5.98. The number of allylic oxidation sites excluding steroid dienone is 1. The number of hydrazone groups is 1. The minimum atomic E-state index is -1.13. The molecule has 0 saturated heterocycles. The summed E-state index contributed by atoms with van der Waals surface area (Å²) >= 11 is 0. The first-order chi connectivity index (χ1) is 8.21. The highest BCUT2D eigenvalue weighted by Crippen LogP contribution is 2.25. The van der Waals surface area contributed by atoms with Crippen molar-refractivity contribution in [2.24, 2.45) is 11.0 Å². The molecule has 0 aliphatic heterocycles. The molecule has 1 fully saturated rings. The average molecular weight is 242 g/mol. The van der Waals surface area contributed by atoms with Gasteiger partial charge in [0.25, 0.3) is 0 Å². The molecule has 1 rings (SSSR count). The number of nitrogens with zero attached hydrogens (tertiary/aromatic N) is 1. The largest absolute Gasteiger partial charge is 0.394 e. The number of hydrogen-bond acceptors (Lipinski definition) is 5. The maximum absolute atomic E-state index is 9.15. The summed E-state index contributed by atoms with van der Waals surface area (Å²) in [5, 5.41) is 31.7. The van der Waals surface area contributed by atoms with Crippen LogP contribution in [0.15, 0.2) is 17.8 Å². The molecule has 1 aliphatic rings. The van der Waals surface area contributed by atoms with Gasteiger partial charge in [0.15, 0.2) is 0 Å². The third-order valence-electron chi connectivity index (χ3n) is 3.25. The van der Waals surface area contributed by atoms with Crippen LogP contribution in [-0.4, -0.2) is 46.4 Å². The Balaban J connectivity index is 2.64. The van der Waals surface area contributed by atoms with E-state index in [0.717, 1.165) is 31.4 Å². The molecule has 1 saturated carbocycles. The highest BCUT2D eigenvalue weighted by atomic mass is 16.3. The van der Waals surface area contributed by atoms with Crippen molar-refractivity contribution in [2.45, 2.75) is 31.2 Å². The number of aliphatic hydroxyl groups excluding tert-OH is 3. The van der Waals surface area contributed by atoms with E-state index < -0.39 is 5.54 Å². The van der Waals surface area contributed by atoms with E-state index in [0.29, 0.717) is 5.92 Å². The Bertz CT molecular complexity index is 267. The zero-order chi connectivity index (χ0) is 12.7. The van der Waals surface area contributed by atoms with Crippen LogP contribution >= 0.6 is 0 Å². The predicted molar refractivity (Wildman–Crippen MR) is 66.7 cm³/mol. The molecule has 0 amide bonds. The van der Waals surface area contributed by atoms with Crippen molar-refractivity contribution in [1.29, 1.82) is 0 Å². The van der Waals surface area contributed by atoms with E-state index in [1.807, 2.05) is 6.08 Å². The summed E-state index contributed by atoms with van der Waals surface area (Å²) in [7, 11) is 0. The van der Waals surface area contributed by atoms with Crippen molar-refractivity contribution in [3.63, 3.8) is 0 Å². The second-order valence-electron chi connectivity index (χ2n) is 4.58. The van der Waals surface area contributed by atoms with Gasteiger partial charge < -0.3 is 15.3 Å². The van der Waals surface area contributed by atoms with Crippen molar-refractivity contribution < 1.29 is 15.3 Å². The fraction of sp³-hybridized carbons (Fsp3) is 0.750. The molecule has 0 bridgehead atoms. The molecular formula is C12H22N2O3. The van der Waals surface area contributed by atoms with Gasteiger partial charge in [-0.25, -0.2) is 0 Å². The Hall–Kier alpha value is -0.910. The van der Waals surface area contributed by atoms with Gasteiger partial charge in [0, 0.05) is 11.6 Å². The molecule has 5 heteroatoms. The molecule has 0 aromatic carbocycles. The van der Waals surface area contributed by atoms with Crippen LogP contribution in [0.5, 0.6) is 0 Å². The van der Waals surface area contributed by atoms with Gasteiger partial charge in [-0.1, -0.05) is 6.08 Å². The molecule has 0 spiro atoms. The summed E-state index contributed by atoms with van der Waals surface area (Å²) in [5.41, 5.74) is 2.62. The van der Waals surface area contributed by atoms with Crippen molar-refractivity contribution in [3.05, 3.63) is 12.7 Å². The van der Waals surface area contributed by atoms with Crippen molar-refractivity contribution >= 4 is 5.71 Å². The molecule has 0 radical (unpaired) electrons. The van der Waals surface area contributed by atoms with Crippen LogP contribution in [0.2, 0.25) is 0 Å². The highest BCUT2D eigenvalue weighted by Gasteiger charge is 2.29. The second kappa shape index (κ2) is 6.74. The molecule has 1 atom stereocenters. The zero-order valence-corrected chi connectivity index (χ0v) is 10.1. The van der Waals surface area contributed by atoms with Crippen LogP contribution in [0.1, 0.15) is 25.7 Å². The summed E-state index contributed by atoms with van der Waals surface area (Å²) < 4.78 is 0. The minimum absolute atomic E-state index is 0.358. The van der Waals surface area contributed by atoms with Crippen molar-refractivity contribution in [1.82, 2.24) is 5.43 Å². The van der Waals surface area contributed by atoms with Crippen LogP contribution in [-0.2, 0) is 0 Å². The van der Waals surface area contributed by atoms with Crippen LogP contribution in [0.3, 0.4) is 0 Å². The molecule has 1 aliphatic carbocycles. The smallest absolute Gasteiger partial charge is 0.124 e. The first kappa shape index (κ1) is 14.2. The Morgan fingerprint density at radius 1 is 1.35 bits per heavy atom. The topological polar surface area (TPSA) is 85.1 Å². The third-order valence-corrected chi connectivity index (χ3v) is 3.25. The monoisotopic (exact) mass is 242 g/mol. The Labute approximate surface area is 102 Å². The lowest BCUT2D eigenvalue weighted by Crippen LogP contribution is -2.53. The molecule has 1 unspecified atom stereocenters. The third kappa shape index (κ3) is 3.52. The molecule has 0 heterocycles. The quantitative estimate of drug-likeness (QED) is 0.375. The van der Waals surface area contributed by atoms with Gasteiger partial charge in [-0.05, 0) is 25.7 Å². The molecule has 0 aromatic rings. The van der Waals surface area contributed by atoms with E-state index in [-0.39, 0.29) is 19.8 Å². The SMILES string of the molecule is C=CCC1CCC/C1=N\NC(CO)(CO)CO. The van der Waals surface area contributed by atoms with Crippen LogP contribution in [0.25, 0.3) is 0 Å². The molecule has 98 valence electrons. The van der Waals surface area contributed by atoms with Gasteiger partial charge >= 0.3 is 0 Å². The maximum Gasteiger partial charge on any atom is 0.124 e. The van der Waals surface area contributed by atoms with Gasteiger partial charge in [0.05, 0.1) is 19.8 Å². The van der Waals surface area contributed by atoms with Gasteiger partial charge in [-0.3, -0.25) is 5.43 Å². The molecular weight excluding hydrogens is 220 g/mol. The normalized spacial score (nSPS) is 23.0. The summed E-state index contributed by atoms with van der Waals surface area (Å²) in [6.45, 7) is 2.65. The number of rotatable bonds is 7. The van der Waals surface area contributed by atoms with Gasteiger partial charge in [0.2, 0.25) is 0 Å². The van der Waals surface area contributed by atoms with E-state index in [1.165, 1.54) is 0 Å². The van der Waals surface area contributed by atoms with E-state index in [2.05, 4.69) is 17.1 Å². The number of nitrogens with one attached hydrogen (secondary N) is 1. The Kier molecular flexibility index (Phi) is 5.61. The summed E-state index contributed by atoms with van der Waals surface area (Å²) in [6.07, 6.45) is 5.89. The average Bonchev–Trinajstić information content (AvgIpc) is 2.80. The summed E-state index contributed by atoms with van der Waals surface area (Å²) in [4.78, 5) is 0. The fourth-order valence-electron chi connectivity index (χ4n) is 1.95. The fourth-order valence-corrected chi connectivity index (χ4v) is 1.95. The van der Waals surface area contributed by atoms with Crippen molar-refractivity contribution in [2.75, 3.05) is 19.8 Å². The Morgan fingerprint density at radius 2 is 2.00 bits per heavy atom. The summed E-state index contributed by atoms with van der Waals surface area (Å²) in [6, 6.07) is 0. The zero-order valence-electron chi connectivity index (χ0n) is 10.1. The predicted octanol–water partition coefficient (Wildman–Crippen LogP) is 0.0239. The molecule has 17 heavy (non-hydrogen) atoms. The van der Waals surface area contributed by atoms with E-state index in [4.69, 9.17) is 15.3 Å². The van der Waals surface area contributed by atoms with Crippen LogP contribution in [0, 0.1) is 5.92 Å². The van der Waals surface area contributed by atoms with Crippen LogP contribution < -0.4 is 5.43 Å². The second-order valence-corrected chi connectivity index (χ2v) is 4.58. The molecule has 4 N–H and O–H groups in total. The first-order valence-electron chi connectivity index (χ1n) is 5.98. The number of hydrogen-bond donors (Lipinski definition) is 4. The lowest BCUT2D eigenvalue weighted by Gasteiger charge is -2.27. The highest BCUT2D eigenvalue weighted by molar-refractivity contribution is 5.88. The van der Waals surface area contributed by atoms with E-state index in [9.17, 15) is 0 Å². The summed E-state index contributed by atoms with van der Waals surface area (Å²) in [5.74, 6) is 0.397. The molecule has 5 nitrogen and oxygen atoms in total. The molecule has 0 aromatic heterocycles.